The van der Waals surface area contributed by atoms with E-state index < -0.39 is 0 Å². The smallest absolute Gasteiger partial charge is 0.287 e. The fraction of sp³-hybridized carbons (Fsp3) is 0.333. The summed E-state index contributed by atoms with van der Waals surface area (Å²) < 4.78 is 1.69. The highest BCUT2D eigenvalue weighted by Crippen LogP contribution is 2.18. The maximum atomic E-state index is 13.1. The van der Waals surface area contributed by atoms with Gasteiger partial charge in [-0.1, -0.05) is 18.9 Å². The third-order valence-electron chi connectivity index (χ3n) is 5.05. The second kappa shape index (κ2) is 8.21. The standard InChI is InChI=1S/C21H23N5O2/c27-20(23-15-16-8-10-22-11-9-16)19-24-18(17-7-3-6-14-26(17)19)21(28)25-12-4-1-2-5-13-25/h3,6-11,14H,1-2,4-5,12-13,15H2,(H,23,27). The number of hydrogen-bond donors (Lipinski definition) is 1. The van der Waals surface area contributed by atoms with E-state index in [0.29, 0.717) is 17.8 Å². The van der Waals surface area contributed by atoms with Crippen molar-refractivity contribution in [2.45, 2.75) is 32.2 Å². The van der Waals surface area contributed by atoms with E-state index in [2.05, 4.69) is 15.3 Å². The van der Waals surface area contributed by atoms with Crippen molar-refractivity contribution in [2.75, 3.05) is 13.1 Å². The highest BCUT2D eigenvalue weighted by Gasteiger charge is 2.25. The zero-order chi connectivity index (χ0) is 19.3. The molecule has 3 aromatic heterocycles. The summed E-state index contributed by atoms with van der Waals surface area (Å²) in [6.07, 6.45) is 9.46. The molecule has 0 spiro atoms. The molecule has 0 bridgehead atoms. The van der Waals surface area contributed by atoms with Crippen LogP contribution in [0.3, 0.4) is 0 Å². The molecular formula is C21H23N5O2. The van der Waals surface area contributed by atoms with E-state index in [0.717, 1.165) is 44.3 Å². The lowest BCUT2D eigenvalue weighted by atomic mass is 10.2. The van der Waals surface area contributed by atoms with Crippen LogP contribution in [0.2, 0.25) is 0 Å². The first-order valence-electron chi connectivity index (χ1n) is 9.67. The van der Waals surface area contributed by atoms with Gasteiger partial charge in [0.15, 0.2) is 5.69 Å². The third-order valence-corrected chi connectivity index (χ3v) is 5.05. The lowest BCUT2D eigenvalue weighted by molar-refractivity contribution is 0.0758. The van der Waals surface area contributed by atoms with Crippen LogP contribution in [0.4, 0.5) is 0 Å². The zero-order valence-electron chi connectivity index (χ0n) is 15.7. The lowest BCUT2D eigenvalue weighted by Gasteiger charge is -2.19. The minimum atomic E-state index is -0.312. The van der Waals surface area contributed by atoms with Crippen LogP contribution in [0.25, 0.3) is 5.52 Å². The molecule has 0 radical (unpaired) electrons. The first kappa shape index (κ1) is 18.2. The summed E-state index contributed by atoms with van der Waals surface area (Å²) in [5.41, 5.74) is 1.95. The van der Waals surface area contributed by atoms with Crippen molar-refractivity contribution >= 4 is 17.3 Å². The van der Waals surface area contributed by atoms with Crippen LogP contribution in [0.5, 0.6) is 0 Å². The van der Waals surface area contributed by atoms with E-state index in [9.17, 15) is 9.59 Å². The Morgan fingerprint density at radius 1 is 1.00 bits per heavy atom. The molecule has 7 nitrogen and oxygen atoms in total. The van der Waals surface area contributed by atoms with Gasteiger partial charge in [0.05, 0.1) is 5.52 Å². The quantitative estimate of drug-likeness (QED) is 0.758. The zero-order valence-corrected chi connectivity index (χ0v) is 15.7. The largest absolute Gasteiger partial charge is 0.345 e. The number of fused-ring (bicyclic) bond motifs is 1. The van der Waals surface area contributed by atoms with Crippen molar-refractivity contribution < 1.29 is 9.59 Å². The number of aromatic nitrogens is 3. The number of imidazole rings is 1. The third kappa shape index (κ3) is 3.74. The summed E-state index contributed by atoms with van der Waals surface area (Å²) in [5, 5.41) is 2.87. The Balaban J connectivity index is 1.60. The first-order valence-corrected chi connectivity index (χ1v) is 9.67. The van der Waals surface area contributed by atoms with E-state index in [1.165, 1.54) is 0 Å². The average molecular weight is 377 g/mol. The van der Waals surface area contributed by atoms with Crippen molar-refractivity contribution in [3.63, 3.8) is 0 Å². The van der Waals surface area contributed by atoms with Gasteiger partial charge in [-0.15, -0.1) is 0 Å². The summed E-state index contributed by atoms with van der Waals surface area (Å²) in [4.78, 5) is 36.1. The molecule has 1 N–H and O–H groups in total. The molecule has 7 heteroatoms. The van der Waals surface area contributed by atoms with E-state index >= 15 is 0 Å². The van der Waals surface area contributed by atoms with Crippen LogP contribution in [0.15, 0.2) is 48.9 Å². The number of carbonyl (C=O) groups is 2. The van der Waals surface area contributed by atoms with Gasteiger partial charge in [0.25, 0.3) is 11.8 Å². The summed E-state index contributed by atoms with van der Waals surface area (Å²) in [6.45, 7) is 1.86. The van der Waals surface area contributed by atoms with Crippen LogP contribution in [-0.2, 0) is 6.54 Å². The predicted octanol–water partition coefficient (Wildman–Crippen LogP) is 2.68. The molecule has 28 heavy (non-hydrogen) atoms. The molecule has 1 aliphatic rings. The van der Waals surface area contributed by atoms with Gasteiger partial charge in [-0.25, -0.2) is 4.98 Å². The Hall–Kier alpha value is -3.22. The molecular weight excluding hydrogens is 354 g/mol. The molecule has 0 aliphatic carbocycles. The van der Waals surface area contributed by atoms with E-state index in [4.69, 9.17) is 0 Å². The number of amides is 2. The number of likely N-dealkylation sites (tertiary alicyclic amines) is 1. The predicted molar refractivity (Wildman–Crippen MR) is 105 cm³/mol. The Labute approximate surface area is 163 Å². The number of rotatable bonds is 4. The molecule has 144 valence electrons. The number of pyridine rings is 2. The Bertz CT molecular complexity index is 975. The van der Waals surface area contributed by atoms with Gasteiger partial charge >= 0.3 is 0 Å². The Morgan fingerprint density at radius 2 is 1.75 bits per heavy atom. The lowest BCUT2D eigenvalue weighted by Crippen LogP contribution is -2.32. The molecule has 0 unspecified atom stereocenters. The maximum Gasteiger partial charge on any atom is 0.287 e. The van der Waals surface area contributed by atoms with E-state index in [-0.39, 0.29) is 17.6 Å². The van der Waals surface area contributed by atoms with Crippen LogP contribution < -0.4 is 5.32 Å². The van der Waals surface area contributed by atoms with E-state index in [1.54, 1.807) is 23.0 Å². The summed E-state index contributed by atoms with van der Waals surface area (Å²) in [5.74, 6) is -0.186. The molecule has 3 aromatic rings. The van der Waals surface area contributed by atoms with Gasteiger partial charge in [0, 0.05) is 38.2 Å². The summed E-state index contributed by atoms with van der Waals surface area (Å²) >= 11 is 0. The average Bonchev–Trinajstić information content (AvgIpc) is 2.92. The molecule has 1 aliphatic heterocycles. The van der Waals surface area contributed by atoms with Crippen molar-refractivity contribution in [3.05, 3.63) is 66.0 Å². The van der Waals surface area contributed by atoms with Crippen molar-refractivity contribution in [1.29, 1.82) is 0 Å². The van der Waals surface area contributed by atoms with Gasteiger partial charge in [-0.05, 0) is 42.7 Å². The minimum absolute atomic E-state index is 0.0983. The molecule has 0 saturated carbocycles. The molecule has 0 atom stereocenters. The van der Waals surface area contributed by atoms with Gasteiger partial charge in [0.2, 0.25) is 5.82 Å². The van der Waals surface area contributed by atoms with Crippen LogP contribution >= 0.6 is 0 Å². The van der Waals surface area contributed by atoms with Crippen molar-refractivity contribution in [1.82, 2.24) is 24.6 Å². The second-order valence-corrected chi connectivity index (χ2v) is 6.98. The highest BCUT2D eigenvalue weighted by atomic mass is 16.2. The number of nitrogens with one attached hydrogen (secondary N) is 1. The van der Waals surface area contributed by atoms with Crippen molar-refractivity contribution in [3.8, 4) is 0 Å². The Morgan fingerprint density at radius 3 is 2.50 bits per heavy atom. The van der Waals surface area contributed by atoms with Gasteiger partial charge in [0.1, 0.15) is 0 Å². The number of carbonyl (C=O) groups excluding carboxylic acids is 2. The topological polar surface area (TPSA) is 79.6 Å². The van der Waals surface area contributed by atoms with Gasteiger partial charge in [-0.3, -0.25) is 19.0 Å². The van der Waals surface area contributed by atoms with Gasteiger partial charge in [-0.2, -0.15) is 0 Å². The summed E-state index contributed by atoms with van der Waals surface area (Å²) in [7, 11) is 0. The molecule has 4 rings (SSSR count). The van der Waals surface area contributed by atoms with Crippen LogP contribution in [0, 0.1) is 0 Å². The maximum absolute atomic E-state index is 13.1. The molecule has 4 heterocycles. The SMILES string of the molecule is O=C(NCc1ccncc1)c1nc(C(=O)N2CCCCCC2)c2ccccn12. The molecule has 0 aromatic carbocycles. The molecule has 1 fully saturated rings. The van der Waals surface area contributed by atoms with Gasteiger partial charge < -0.3 is 10.2 Å². The fourth-order valence-electron chi connectivity index (χ4n) is 3.54. The molecule has 1 saturated heterocycles. The second-order valence-electron chi connectivity index (χ2n) is 6.98. The van der Waals surface area contributed by atoms with E-state index in [1.807, 2.05) is 35.2 Å². The molecule has 2 amide bonds. The fourth-order valence-corrected chi connectivity index (χ4v) is 3.54. The van der Waals surface area contributed by atoms with Crippen LogP contribution in [0.1, 0.15) is 52.4 Å². The first-order chi connectivity index (χ1) is 13.7. The van der Waals surface area contributed by atoms with Crippen LogP contribution in [-0.4, -0.2) is 44.2 Å². The highest BCUT2D eigenvalue weighted by molar-refractivity contribution is 6.02. The van der Waals surface area contributed by atoms with Crippen molar-refractivity contribution in [2.24, 2.45) is 0 Å². The summed E-state index contributed by atoms with van der Waals surface area (Å²) in [6, 6.07) is 9.21. The monoisotopic (exact) mass is 377 g/mol. The Kier molecular flexibility index (Phi) is 5.32. The number of nitrogens with zero attached hydrogens (tertiary/aromatic N) is 4. The normalized spacial score (nSPS) is 14.6. The number of hydrogen-bond acceptors (Lipinski definition) is 4. The minimum Gasteiger partial charge on any atom is -0.345 e.